The van der Waals surface area contributed by atoms with Crippen LogP contribution in [0.5, 0.6) is 0 Å². The molecule has 0 fully saturated rings. The number of fused-ring (bicyclic) bond motifs is 2. The van der Waals surface area contributed by atoms with E-state index in [1.54, 1.807) is 36.7 Å². The third-order valence-electron chi connectivity index (χ3n) is 5.36. The number of nitrogens with zero attached hydrogens (tertiary/aromatic N) is 4. The molecule has 2 aromatic carbocycles. The fourth-order valence-electron chi connectivity index (χ4n) is 3.69. The number of amides is 3. The summed E-state index contributed by atoms with van der Waals surface area (Å²) in [6, 6.07) is 15.0. The molecule has 1 unspecified atom stereocenters. The second kappa shape index (κ2) is 7.69. The molecule has 1 aliphatic heterocycles. The zero-order chi connectivity index (χ0) is 22.4. The van der Waals surface area contributed by atoms with Crippen molar-refractivity contribution in [2.24, 2.45) is 0 Å². The van der Waals surface area contributed by atoms with E-state index in [0.717, 1.165) is 15.9 Å². The van der Waals surface area contributed by atoms with Crippen LogP contribution in [0.2, 0.25) is 0 Å². The summed E-state index contributed by atoms with van der Waals surface area (Å²) in [6.07, 6.45) is 3.21. The molecule has 0 spiro atoms. The van der Waals surface area contributed by atoms with Crippen molar-refractivity contribution in [3.05, 3.63) is 82.7 Å². The van der Waals surface area contributed by atoms with Crippen LogP contribution in [-0.4, -0.2) is 43.2 Å². The van der Waals surface area contributed by atoms with E-state index >= 15 is 0 Å². The number of hydrogen-bond acceptors (Lipinski definition) is 5. The number of hydrogen-bond donors (Lipinski definition) is 1. The number of rotatable bonds is 4. The highest BCUT2D eigenvalue weighted by molar-refractivity contribution is 9.10. The minimum absolute atomic E-state index is 0.280. The SMILES string of the molecule is CC(C(=O)Nc1ccc(-n2cnc3ccccc32)nc1)N1C(=O)c2ccc(Br)cc2C1=O. The van der Waals surface area contributed by atoms with Gasteiger partial charge in [-0.3, -0.25) is 23.9 Å². The number of anilines is 1. The Morgan fingerprint density at radius 1 is 1.00 bits per heavy atom. The number of para-hydroxylation sites is 2. The molecule has 0 saturated carbocycles. The van der Waals surface area contributed by atoms with Gasteiger partial charge in [-0.25, -0.2) is 9.97 Å². The van der Waals surface area contributed by atoms with Crippen LogP contribution in [0.3, 0.4) is 0 Å². The summed E-state index contributed by atoms with van der Waals surface area (Å²) in [5, 5.41) is 2.73. The monoisotopic (exact) mass is 489 g/mol. The molecule has 0 bridgehead atoms. The topological polar surface area (TPSA) is 97.2 Å². The van der Waals surface area contributed by atoms with Gasteiger partial charge in [0.1, 0.15) is 18.2 Å². The normalized spacial score (nSPS) is 14.0. The van der Waals surface area contributed by atoms with Crippen LogP contribution in [0.1, 0.15) is 27.6 Å². The van der Waals surface area contributed by atoms with Crippen LogP contribution in [0.15, 0.2) is 71.6 Å². The van der Waals surface area contributed by atoms with E-state index in [1.165, 1.54) is 13.1 Å². The Labute approximate surface area is 191 Å². The Balaban J connectivity index is 1.33. The van der Waals surface area contributed by atoms with Crippen LogP contribution in [-0.2, 0) is 4.79 Å². The molecule has 1 atom stereocenters. The molecule has 0 radical (unpaired) electrons. The quantitative estimate of drug-likeness (QED) is 0.439. The van der Waals surface area contributed by atoms with Crippen molar-refractivity contribution in [3.63, 3.8) is 0 Å². The lowest BCUT2D eigenvalue weighted by Gasteiger charge is -2.21. The molecule has 158 valence electrons. The number of aromatic nitrogens is 3. The number of pyridine rings is 1. The highest BCUT2D eigenvalue weighted by Crippen LogP contribution is 2.28. The summed E-state index contributed by atoms with van der Waals surface area (Å²) in [6.45, 7) is 1.52. The van der Waals surface area contributed by atoms with E-state index in [2.05, 4.69) is 31.2 Å². The molecule has 32 heavy (non-hydrogen) atoms. The third kappa shape index (κ3) is 3.27. The van der Waals surface area contributed by atoms with Gasteiger partial charge in [0, 0.05) is 4.47 Å². The smallest absolute Gasteiger partial charge is 0.262 e. The Morgan fingerprint density at radius 2 is 1.78 bits per heavy atom. The maximum absolute atomic E-state index is 12.8. The van der Waals surface area contributed by atoms with Crippen molar-refractivity contribution in [2.45, 2.75) is 13.0 Å². The summed E-state index contributed by atoms with van der Waals surface area (Å²) < 4.78 is 2.54. The summed E-state index contributed by atoms with van der Waals surface area (Å²) in [4.78, 5) is 47.9. The predicted molar refractivity (Wildman–Crippen MR) is 122 cm³/mol. The lowest BCUT2D eigenvalue weighted by Crippen LogP contribution is -2.45. The van der Waals surface area contributed by atoms with E-state index in [9.17, 15) is 14.4 Å². The van der Waals surface area contributed by atoms with Crippen molar-refractivity contribution >= 4 is 50.4 Å². The molecule has 0 aliphatic carbocycles. The van der Waals surface area contributed by atoms with E-state index in [-0.39, 0.29) is 11.1 Å². The highest BCUT2D eigenvalue weighted by Gasteiger charge is 2.40. The summed E-state index contributed by atoms with van der Waals surface area (Å²) >= 11 is 3.30. The minimum Gasteiger partial charge on any atom is -0.323 e. The van der Waals surface area contributed by atoms with E-state index < -0.39 is 23.8 Å². The van der Waals surface area contributed by atoms with Gasteiger partial charge in [-0.2, -0.15) is 0 Å². The number of nitrogens with one attached hydrogen (secondary N) is 1. The second-order valence-corrected chi connectivity index (χ2v) is 8.26. The van der Waals surface area contributed by atoms with Crippen molar-refractivity contribution < 1.29 is 14.4 Å². The minimum atomic E-state index is -0.988. The predicted octanol–water partition coefficient (Wildman–Crippen LogP) is 3.81. The second-order valence-electron chi connectivity index (χ2n) is 7.34. The molecule has 2 aromatic heterocycles. The van der Waals surface area contributed by atoms with Gasteiger partial charge >= 0.3 is 0 Å². The lowest BCUT2D eigenvalue weighted by molar-refractivity contribution is -0.119. The fourth-order valence-corrected chi connectivity index (χ4v) is 4.05. The third-order valence-corrected chi connectivity index (χ3v) is 5.86. The van der Waals surface area contributed by atoms with Gasteiger partial charge in [-0.15, -0.1) is 0 Å². The molecule has 5 rings (SSSR count). The Bertz CT molecular complexity index is 1400. The van der Waals surface area contributed by atoms with E-state index in [4.69, 9.17) is 0 Å². The van der Waals surface area contributed by atoms with E-state index in [1.807, 2.05) is 28.8 Å². The van der Waals surface area contributed by atoms with Gasteiger partial charge in [0.05, 0.1) is 34.0 Å². The Hall–Kier alpha value is -3.85. The average molecular weight is 490 g/mol. The molecule has 1 aliphatic rings. The maximum Gasteiger partial charge on any atom is 0.262 e. The van der Waals surface area contributed by atoms with Gasteiger partial charge in [-0.1, -0.05) is 28.1 Å². The van der Waals surface area contributed by atoms with Gasteiger partial charge in [0.15, 0.2) is 0 Å². The first kappa shape index (κ1) is 20.1. The van der Waals surface area contributed by atoms with Crippen molar-refractivity contribution in [2.75, 3.05) is 5.32 Å². The first-order valence-electron chi connectivity index (χ1n) is 9.81. The van der Waals surface area contributed by atoms with E-state index in [0.29, 0.717) is 16.0 Å². The summed E-state index contributed by atoms with van der Waals surface area (Å²) in [7, 11) is 0. The maximum atomic E-state index is 12.8. The lowest BCUT2D eigenvalue weighted by atomic mass is 10.1. The molecule has 1 N–H and O–H groups in total. The van der Waals surface area contributed by atoms with Crippen LogP contribution in [0.25, 0.3) is 16.9 Å². The number of imide groups is 1. The van der Waals surface area contributed by atoms with Crippen molar-refractivity contribution in [3.8, 4) is 5.82 Å². The summed E-state index contributed by atoms with van der Waals surface area (Å²) in [5.41, 5.74) is 2.80. The zero-order valence-corrected chi connectivity index (χ0v) is 18.4. The van der Waals surface area contributed by atoms with Crippen LogP contribution in [0.4, 0.5) is 5.69 Å². The zero-order valence-electron chi connectivity index (χ0n) is 16.8. The van der Waals surface area contributed by atoms with Crippen LogP contribution in [0, 0.1) is 0 Å². The van der Waals surface area contributed by atoms with Crippen LogP contribution < -0.4 is 5.32 Å². The largest absolute Gasteiger partial charge is 0.323 e. The average Bonchev–Trinajstić information content (AvgIpc) is 3.33. The molecule has 4 aromatic rings. The van der Waals surface area contributed by atoms with Crippen molar-refractivity contribution in [1.82, 2.24) is 19.4 Å². The fraction of sp³-hybridized carbons (Fsp3) is 0.0870. The Kier molecular flexibility index (Phi) is 4.82. The van der Waals surface area contributed by atoms with Crippen LogP contribution >= 0.6 is 15.9 Å². The number of imidazole rings is 1. The van der Waals surface area contributed by atoms with Gasteiger partial charge in [0.2, 0.25) is 5.91 Å². The van der Waals surface area contributed by atoms with Gasteiger partial charge in [-0.05, 0) is 49.4 Å². The molecular formula is C23H16BrN5O3. The standard InChI is InChI=1S/C23H16BrN5O3/c1-13(29-22(31)16-8-6-14(24)10-17(16)23(29)32)21(30)27-15-7-9-20(25-11-15)28-12-26-18-4-2-3-5-19(18)28/h2-13H,1H3,(H,27,30). The first-order valence-corrected chi connectivity index (χ1v) is 10.6. The van der Waals surface area contributed by atoms with Gasteiger partial charge in [0.25, 0.3) is 11.8 Å². The van der Waals surface area contributed by atoms with Gasteiger partial charge < -0.3 is 5.32 Å². The van der Waals surface area contributed by atoms with Crippen molar-refractivity contribution in [1.29, 1.82) is 0 Å². The molecule has 8 nitrogen and oxygen atoms in total. The number of benzene rings is 2. The number of carbonyl (C=O) groups is 3. The molecular weight excluding hydrogens is 474 g/mol. The molecule has 3 amide bonds. The number of halogens is 1. The molecule has 9 heteroatoms. The first-order chi connectivity index (χ1) is 15.4. The molecule has 0 saturated heterocycles. The molecule has 3 heterocycles. The highest BCUT2D eigenvalue weighted by atomic mass is 79.9. The summed E-state index contributed by atoms with van der Waals surface area (Å²) in [5.74, 6) is -0.813. The number of carbonyl (C=O) groups excluding carboxylic acids is 3. The Morgan fingerprint density at radius 3 is 2.56 bits per heavy atom.